The summed E-state index contributed by atoms with van der Waals surface area (Å²) in [4.78, 5) is 33.8. The number of rotatable bonds is 6. The maximum Gasteiger partial charge on any atom is 0.243 e. The fourth-order valence-corrected chi connectivity index (χ4v) is 3.73. The number of hydrogen-bond acceptors (Lipinski definition) is 4. The molecule has 3 rings (SSSR count). The van der Waals surface area contributed by atoms with Gasteiger partial charge in [-0.05, 0) is 49.6 Å². The Morgan fingerprint density at radius 3 is 2.57 bits per heavy atom. The first-order valence-electron chi connectivity index (χ1n) is 9.02. The van der Waals surface area contributed by atoms with E-state index in [1.54, 1.807) is 7.05 Å². The molecule has 0 bridgehead atoms. The van der Waals surface area contributed by atoms with Crippen LogP contribution >= 0.6 is 11.8 Å². The Balaban J connectivity index is 1.54. The minimum atomic E-state index is -0.211. The smallest absolute Gasteiger partial charge is 0.243 e. The van der Waals surface area contributed by atoms with Crippen LogP contribution in [0.5, 0.6) is 0 Å². The highest BCUT2D eigenvalue weighted by molar-refractivity contribution is 7.99. The van der Waals surface area contributed by atoms with Crippen molar-refractivity contribution in [3.63, 3.8) is 0 Å². The van der Waals surface area contributed by atoms with Crippen molar-refractivity contribution in [2.24, 2.45) is 0 Å². The maximum absolute atomic E-state index is 12.4. The molecule has 28 heavy (non-hydrogen) atoms. The number of anilines is 1. The first-order chi connectivity index (χ1) is 13.3. The van der Waals surface area contributed by atoms with Crippen LogP contribution in [0.3, 0.4) is 0 Å². The van der Waals surface area contributed by atoms with Crippen LogP contribution in [0.2, 0.25) is 0 Å². The Bertz CT molecular complexity index is 1010. The molecule has 0 spiro atoms. The molecule has 0 saturated heterocycles. The highest BCUT2D eigenvalue weighted by Gasteiger charge is 2.15. The Morgan fingerprint density at radius 2 is 1.86 bits per heavy atom. The van der Waals surface area contributed by atoms with Gasteiger partial charge in [0, 0.05) is 12.7 Å². The zero-order chi connectivity index (χ0) is 20.3. The number of thioether (sulfide) groups is 1. The van der Waals surface area contributed by atoms with Crippen molar-refractivity contribution in [2.75, 3.05) is 24.7 Å². The molecule has 0 unspecified atom stereocenters. The molecule has 3 aromatic rings. The van der Waals surface area contributed by atoms with Crippen molar-refractivity contribution in [3.05, 3.63) is 53.1 Å². The Morgan fingerprint density at radius 1 is 1.14 bits per heavy atom. The predicted octanol–water partition coefficient (Wildman–Crippen LogP) is 3.68. The predicted molar refractivity (Wildman–Crippen MR) is 114 cm³/mol. The van der Waals surface area contributed by atoms with E-state index in [-0.39, 0.29) is 24.1 Å². The van der Waals surface area contributed by atoms with Crippen LogP contribution in [-0.4, -0.2) is 46.0 Å². The van der Waals surface area contributed by atoms with Crippen molar-refractivity contribution >= 4 is 40.3 Å². The Hall–Kier alpha value is -2.80. The summed E-state index contributed by atoms with van der Waals surface area (Å²) in [5, 5.41) is 3.60. The van der Waals surface area contributed by atoms with Gasteiger partial charge in [-0.2, -0.15) is 0 Å². The summed E-state index contributed by atoms with van der Waals surface area (Å²) >= 11 is 1.33. The van der Waals surface area contributed by atoms with Gasteiger partial charge in [0.25, 0.3) is 0 Å². The lowest BCUT2D eigenvalue weighted by molar-refractivity contribution is -0.131. The number of amides is 2. The summed E-state index contributed by atoms with van der Waals surface area (Å²) in [5.74, 6) is -0.123. The molecule has 0 aliphatic rings. The SMILES string of the molecule is Cc1ccc2nc(SCC(=O)N(C)CC(=O)Nc3c(C)cccc3C)[nH]c2c1. The number of aromatic nitrogens is 2. The van der Waals surface area contributed by atoms with Gasteiger partial charge in [-0.15, -0.1) is 0 Å². The van der Waals surface area contributed by atoms with Crippen molar-refractivity contribution in [2.45, 2.75) is 25.9 Å². The van der Waals surface area contributed by atoms with Gasteiger partial charge in [-0.25, -0.2) is 4.98 Å². The van der Waals surface area contributed by atoms with Gasteiger partial charge >= 0.3 is 0 Å². The third kappa shape index (κ3) is 4.72. The van der Waals surface area contributed by atoms with Gasteiger partial charge in [-0.1, -0.05) is 36.0 Å². The number of carbonyl (C=O) groups excluding carboxylic acids is 2. The molecule has 0 saturated carbocycles. The summed E-state index contributed by atoms with van der Waals surface area (Å²) in [6.45, 7) is 5.92. The van der Waals surface area contributed by atoms with Crippen LogP contribution in [0.4, 0.5) is 5.69 Å². The van der Waals surface area contributed by atoms with E-state index in [1.165, 1.54) is 16.7 Å². The third-order valence-corrected chi connectivity index (χ3v) is 5.36. The summed E-state index contributed by atoms with van der Waals surface area (Å²) in [6.07, 6.45) is 0. The van der Waals surface area contributed by atoms with Gasteiger partial charge < -0.3 is 15.2 Å². The highest BCUT2D eigenvalue weighted by Crippen LogP contribution is 2.21. The Labute approximate surface area is 168 Å². The number of nitrogens with one attached hydrogen (secondary N) is 2. The van der Waals surface area contributed by atoms with Crippen molar-refractivity contribution in [1.29, 1.82) is 0 Å². The second kappa shape index (κ2) is 8.48. The number of benzene rings is 2. The first-order valence-corrected chi connectivity index (χ1v) is 10.0. The molecule has 0 fully saturated rings. The molecule has 7 heteroatoms. The molecule has 2 amide bonds. The number of aromatic amines is 1. The number of likely N-dealkylation sites (N-methyl/N-ethyl adjacent to an activating group) is 1. The zero-order valence-corrected chi connectivity index (χ0v) is 17.3. The van der Waals surface area contributed by atoms with Crippen LogP contribution < -0.4 is 5.32 Å². The lowest BCUT2D eigenvalue weighted by atomic mass is 10.1. The lowest BCUT2D eigenvalue weighted by Crippen LogP contribution is -2.36. The zero-order valence-electron chi connectivity index (χ0n) is 16.5. The minimum absolute atomic E-state index is 0.00644. The maximum atomic E-state index is 12.4. The largest absolute Gasteiger partial charge is 0.336 e. The number of nitrogens with zero attached hydrogens (tertiary/aromatic N) is 2. The standard InChI is InChI=1S/C21H24N4O2S/c1-13-8-9-16-17(10-13)23-21(22-16)28-12-19(27)25(4)11-18(26)24-20-14(2)6-5-7-15(20)3/h5-10H,11-12H2,1-4H3,(H,22,23)(H,24,26). The molecule has 6 nitrogen and oxygen atoms in total. The van der Waals surface area contributed by atoms with Gasteiger partial charge in [0.15, 0.2) is 5.16 Å². The molecule has 1 heterocycles. The molecular weight excluding hydrogens is 372 g/mol. The van der Waals surface area contributed by atoms with Crippen LogP contribution in [0.1, 0.15) is 16.7 Å². The molecule has 0 atom stereocenters. The second-order valence-corrected chi connectivity index (χ2v) is 7.88. The van der Waals surface area contributed by atoms with Gasteiger partial charge in [0.2, 0.25) is 11.8 Å². The van der Waals surface area contributed by atoms with E-state index in [0.717, 1.165) is 33.4 Å². The fraction of sp³-hybridized carbons (Fsp3) is 0.286. The number of fused-ring (bicyclic) bond motifs is 1. The highest BCUT2D eigenvalue weighted by atomic mass is 32.2. The van der Waals surface area contributed by atoms with Crippen molar-refractivity contribution in [1.82, 2.24) is 14.9 Å². The average molecular weight is 397 g/mol. The third-order valence-electron chi connectivity index (χ3n) is 4.50. The van der Waals surface area contributed by atoms with E-state index in [4.69, 9.17) is 0 Å². The number of aryl methyl sites for hydroxylation is 3. The number of carbonyl (C=O) groups is 2. The topological polar surface area (TPSA) is 78.1 Å². The van der Waals surface area contributed by atoms with E-state index < -0.39 is 0 Å². The molecule has 0 radical (unpaired) electrons. The molecular formula is C21H24N4O2S. The quantitative estimate of drug-likeness (QED) is 0.623. The molecule has 2 aromatic carbocycles. The van der Waals surface area contributed by atoms with Crippen LogP contribution in [-0.2, 0) is 9.59 Å². The molecule has 146 valence electrons. The fourth-order valence-electron chi connectivity index (χ4n) is 2.90. The Kier molecular flexibility index (Phi) is 6.04. The van der Waals surface area contributed by atoms with E-state index in [2.05, 4.69) is 15.3 Å². The second-order valence-electron chi connectivity index (χ2n) is 6.92. The summed E-state index contributed by atoms with van der Waals surface area (Å²) in [5.41, 5.74) is 5.79. The molecule has 0 aliphatic heterocycles. The minimum Gasteiger partial charge on any atom is -0.336 e. The number of H-pyrrole nitrogens is 1. The van der Waals surface area contributed by atoms with E-state index in [1.807, 2.05) is 57.2 Å². The van der Waals surface area contributed by atoms with Crippen molar-refractivity contribution in [3.8, 4) is 0 Å². The van der Waals surface area contributed by atoms with Crippen LogP contribution in [0.25, 0.3) is 11.0 Å². The summed E-state index contributed by atoms with van der Waals surface area (Å²) < 4.78 is 0. The monoisotopic (exact) mass is 396 g/mol. The van der Waals surface area contributed by atoms with E-state index in [0.29, 0.717) is 5.16 Å². The van der Waals surface area contributed by atoms with Crippen LogP contribution in [0, 0.1) is 20.8 Å². The van der Waals surface area contributed by atoms with Crippen molar-refractivity contribution < 1.29 is 9.59 Å². The first kappa shape index (κ1) is 19.9. The average Bonchev–Trinajstić information content (AvgIpc) is 3.04. The number of hydrogen-bond donors (Lipinski definition) is 2. The summed E-state index contributed by atoms with van der Waals surface area (Å²) in [7, 11) is 1.63. The lowest BCUT2D eigenvalue weighted by Gasteiger charge is -2.17. The normalized spacial score (nSPS) is 10.9. The number of para-hydroxylation sites is 1. The van der Waals surface area contributed by atoms with E-state index in [9.17, 15) is 9.59 Å². The van der Waals surface area contributed by atoms with Gasteiger partial charge in [0.05, 0.1) is 23.3 Å². The molecule has 0 aliphatic carbocycles. The molecule has 2 N–H and O–H groups in total. The summed E-state index contributed by atoms with van der Waals surface area (Å²) in [6, 6.07) is 11.8. The van der Waals surface area contributed by atoms with Crippen LogP contribution in [0.15, 0.2) is 41.6 Å². The van der Waals surface area contributed by atoms with E-state index >= 15 is 0 Å². The van der Waals surface area contributed by atoms with Gasteiger partial charge in [-0.3, -0.25) is 9.59 Å². The van der Waals surface area contributed by atoms with Gasteiger partial charge in [0.1, 0.15) is 0 Å². The number of imidazole rings is 1. The molecule has 1 aromatic heterocycles.